The van der Waals surface area contributed by atoms with Crippen LogP contribution in [0.4, 0.5) is 96.4 Å². The Bertz CT molecular complexity index is 2060. The van der Waals surface area contributed by atoms with Gasteiger partial charge in [0.15, 0.2) is 37.6 Å². The van der Waals surface area contributed by atoms with Crippen molar-refractivity contribution in [2.24, 2.45) is 47.3 Å². The Kier molecular flexibility index (Phi) is 75.0. The minimum Gasteiger partial charge on any atom is -0.748 e. The van der Waals surface area contributed by atoms with Gasteiger partial charge in [-0.25, -0.2) is 13.9 Å². The highest BCUT2D eigenvalue weighted by atomic mass is 32.2. The number of ether oxygens (including phenoxy) is 13. The predicted molar refractivity (Wildman–Crippen MR) is 313 cm³/mol. The quantitative estimate of drug-likeness (QED) is 0.0244. The van der Waals surface area contributed by atoms with E-state index in [9.17, 15) is 74.8 Å². The average Bonchev–Trinajstić information content (AvgIpc) is 0.795. The molecule has 106 heavy (non-hydrogen) atoms. The summed E-state index contributed by atoms with van der Waals surface area (Å²) in [5.41, 5.74) is 0. The van der Waals surface area contributed by atoms with Crippen LogP contribution >= 0.6 is 0 Å². The van der Waals surface area contributed by atoms with E-state index in [4.69, 9.17) is 149 Å². The maximum absolute atomic E-state index is 11.6. The number of aliphatic carboxylic acids is 1. The van der Waals surface area contributed by atoms with Crippen LogP contribution in [0, 0.1) is 47.3 Å². The molecule has 7 heterocycles. The molecule has 0 aromatic carbocycles. The van der Waals surface area contributed by atoms with E-state index in [1.165, 1.54) is 7.11 Å². The Labute approximate surface area is 594 Å². The highest BCUT2D eigenvalue weighted by molar-refractivity contribution is 7.73. The minimum atomic E-state index is -3.05. The lowest BCUT2D eigenvalue weighted by Gasteiger charge is -2.46. The van der Waals surface area contributed by atoms with Crippen LogP contribution in [0.2, 0.25) is 0 Å². The summed E-state index contributed by atoms with van der Waals surface area (Å²) < 4.78 is 246. The number of hydrogen-bond donors (Lipinski definition) is 12. The van der Waals surface area contributed by atoms with Crippen molar-refractivity contribution in [3.63, 3.8) is 0 Å². The molecule has 0 aliphatic carbocycles. The Morgan fingerprint density at radius 1 is 0.481 bits per heavy atom. The largest absolute Gasteiger partial charge is 0.748 e. The molecule has 14 unspecified atom stereocenters. The smallest absolute Gasteiger partial charge is 0.335 e. The molecule has 0 bridgehead atoms. The third-order valence-electron chi connectivity index (χ3n) is 17.3. The molecule has 0 radical (unpaired) electrons. The zero-order valence-corrected chi connectivity index (χ0v) is 57.7. The second-order valence-electron chi connectivity index (χ2n) is 23.3. The fourth-order valence-corrected chi connectivity index (χ4v) is 12.1. The van der Waals surface area contributed by atoms with E-state index in [0.717, 1.165) is 0 Å². The summed E-state index contributed by atoms with van der Waals surface area (Å²) in [6, 6.07) is 0. The number of carboxylic acid groups (broad SMARTS) is 1. The van der Waals surface area contributed by atoms with Crippen molar-refractivity contribution in [1.82, 2.24) is 0 Å². The lowest BCUT2D eigenvalue weighted by atomic mass is 9.83. The van der Waals surface area contributed by atoms with E-state index in [1.54, 1.807) is 41.5 Å². The van der Waals surface area contributed by atoms with E-state index in [-0.39, 0.29) is 90.7 Å². The Morgan fingerprint density at radius 3 is 1.28 bits per heavy atom. The van der Waals surface area contributed by atoms with Gasteiger partial charge in [0.25, 0.3) is 0 Å². The van der Waals surface area contributed by atoms with Crippen LogP contribution in [0.5, 0.6) is 0 Å². The van der Waals surface area contributed by atoms with Crippen LogP contribution in [0.3, 0.4) is 0 Å². The van der Waals surface area contributed by atoms with Gasteiger partial charge in [0.1, 0.15) is 35.8 Å². The number of hydrogen-bond acceptors (Lipinski definition) is 29. The highest BCUT2D eigenvalue weighted by Gasteiger charge is 2.53. The van der Waals surface area contributed by atoms with Gasteiger partial charge in [0.2, 0.25) is 12.1 Å². The lowest BCUT2D eigenvalue weighted by molar-refractivity contribution is -0.372. The zero-order valence-electron chi connectivity index (χ0n) is 56.9. The molecule has 0 aromatic heterocycles. The summed E-state index contributed by atoms with van der Waals surface area (Å²) >= 11 is -3.05. The number of carbonyl (C=O) groups is 1. The number of rotatable bonds is 21. The summed E-state index contributed by atoms with van der Waals surface area (Å²) in [4.78, 5) is 16.8. The maximum Gasteiger partial charge on any atom is 0.335 e. The van der Waals surface area contributed by atoms with E-state index < -0.39 is 194 Å². The molecule has 652 valence electrons. The van der Waals surface area contributed by atoms with Crippen molar-refractivity contribution >= 4 is 17.3 Å². The molecule has 0 spiro atoms. The Hall–Kier alpha value is -2.97. The van der Waals surface area contributed by atoms with Crippen LogP contribution in [0.25, 0.3) is 0 Å². The minimum absolute atomic E-state index is 0. The number of aliphatic hydroxyl groups excluding tert-OH is 9. The van der Waals surface area contributed by atoms with Gasteiger partial charge in [0.05, 0.1) is 113 Å². The SMILES string of the molecule is C.CC[C@@H]1C(O)[C@H](OC[C@@H]2C(O)COC(C)[C@H]2O)OC(C)[C@H]1O.CO[C@@H]1OC(C)[C@@H](O)[C@H](CO[C@@H]2OC(C)[C@@H](OOS(=O)[O-])[C@H](CO[C@@H]3OC(C)[C@@H](O)[C@H](CO[C@@H]4OC(C)C[C@H](C)C4CO[C@H]4OC(C(=O)O)[C@@H](O)CC4(O)O)C3O)C2C)C1O.F.F.F.FF.FF.FF.FF.FF.FF.FF.FF.FF.O. The van der Waals surface area contributed by atoms with Gasteiger partial charge in [0, 0.05) is 137 Å². The number of aliphatic hydroxyl groups is 11. The Morgan fingerprint density at radius 2 is 0.849 bits per heavy atom. The summed E-state index contributed by atoms with van der Waals surface area (Å²) in [7, 11) is 1.36. The highest BCUT2D eigenvalue weighted by Crippen LogP contribution is 2.40. The number of methoxy groups -OCH3 is 1. The molecule has 0 amide bonds. The molecule has 31 nitrogen and oxygen atoms in total. The average molecular weight is 1660 g/mol. The lowest BCUT2D eigenvalue weighted by Crippen LogP contribution is -2.59. The first-order valence-corrected chi connectivity index (χ1v) is 30.7. The molecule has 0 aromatic rings. The maximum atomic E-state index is 11.6. The normalized spacial score (nSPS) is 38.2. The molecule has 7 saturated heterocycles. The van der Waals surface area contributed by atoms with Gasteiger partial charge < -0.3 is 133 Å². The standard InChI is InChI=1S/C37H64O23S.C15H28O7.CH4.9F2.3FH.H2O/c1-14-8-15(2)54-33(20(14)10-53-36-37(45,46)9-24(38)30(58-36)31(43)44)51-13-23-26(40)18(5)56-35(28(23)42)52-11-21-16(3)32(57-19(6)29(21)59-60-61(47)48)50-12-22-25(39)17(4)55-34(49-7)27(22)41;1-4-9-13(18)8(3)22-15(14(9)19)21-5-10-11(16)6-20-7(2)12(10)17;;9*1-2;;;;/h14-30,32-36,38-42,45-46H,8-13H2,1-7H3,(H,43,44)(H,47,48);7-19H,4-6H2,1-3H3;1H4;;;;;;;;;;3*1H;1H2/p-1/t14-,15?,16?,17?,18?,19?,20?,21+,22-,23-,24-,25+,26+,27?,28?,29+,30?,32+,33+,34+,35+,36-;7?,8?,9-,10+,11?,12+,13+,14?,15+;;;;;;;;;;;;;;/m00............../s1. The topological polar surface area (TPSA) is 470 Å². The molecule has 0 saturated carbocycles. The summed E-state index contributed by atoms with van der Waals surface area (Å²) in [6.07, 6.45) is -23.1. The van der Waals surface area contributed by atoms with Crippen LogP contribution in [0.15, 0.2) is 0 Å². The molecule has 7 rings (SSSR count). The summed E-state index contributed by atoms with van der Waals surface area (Å²) in [6.45, 7) is 14.8. The Balaban J connectivity index is -0.000000250. The van der Waals surface area contributed by atoms with Gasteiger partial charge >= 0.3 is 5.97 Å². The molecule has 14 N–H and O–H groups in total. The van der Waals surface area contributed by atoms with Crippen molar-refractivity contribution in [2.75, 3.05) is 46.8 Å². The van der Waals surface area contributed by atoms with Gasteiger partial charge in [-0.15, -0.1) is 4.33 Å². The van der Waals surface area contributed by atoms with Gasteiger partial charge in [-0.05, 0) is 60.3 Å². The fraction of sp³-hybridized carbons (Fsp3) is 0.981. The molecule has 32 atom stereocenters. The zero-order chi connectivity index (χ0) is 79.5. The summed E-state index contributed by atoms with van der Waals surface area (Å²) in [5.74, 6) is -8.96. The number of halogens is 21. The van der Waals surface area contributed by atoms with Crippen molar-refractivity contribution < 1.29 is 248 Å². The van der Waals surface area contributed by atoms with Crippen molar-refractivity contribution in [1.29, 1.82) is 0 Å². The third kappa shape index (κ3) is 36.2. The van der Waals surface area contributed by atoms with Gasteiger partial charge in [-0.1, -0.05) is 28.2 Å². The molecule has 53 heteroatoms. The third-order valence-corrected chi connectivity index (χ3v) is 17.5. The molecule has 7 fully saturated rings. The second-order valence-corrected chi connectivity index (χ2v) is 23.8. The number of carboxylic acids is 1. The summed E-state index contributed by atoms with van der Waals surface area (Å²) in [5, 5.41) is 125. The van der Waals surface area contributed by atoms with E-state index >= 15 is 0 Å². The predicted octanol–water partition coefficient (Wildman–Crippen LogP) is 4.69. The van der Waals surface area contributed by atoms with Crippen LogP contribution < -0.4 is 0 Å². The molecular weight excluding hydrogens is 1560 g/mol. The fourth-order valence-electron chi connectivity index (χ4n) is 11.9. The first kappa shape index (κ1) is 121. The first-order chi connectivity index (χ1) is 48.0. The van der Waals surface area contributed by atoms with Gasteiger partial charge in [-0.2, -0.15) is 0 Å². The van der Waals surface area contributed by atoms with Crippen molar-refractivity contribution in [3.05, 3.63) is 0 Å². The van der Waals surface area contributed by atoms with Crippen LogP contribution in [-0.4, -0.2) is 276 Å². The van der Waals surface area contributed by atoms with Gasteiger partial charge in [-0.3, -0.25) is 14.1 Å². The van der Waals surface area contributed by atoms with Crippen LogP contribution in [0.1, 0.15) is 89.0 Å². The van der Waals surface area contributed by atoms with E-state index in [0.29, 0.717) is 12.8 Å². The van der Waals surface area contributed by atoms with Crippen LogP contribution in [-0.2, 0) is 87.0 Å². The van der Waals surface area contributed by atoms with E-state index in [2.05, 4.69) is 4.33 Å². The second kappa shape index (κ2) is 65.6. The van der Waals surface area contributed by atoms with Crippen molar-refractivity contribution in [3.8, 4) is 0 Å². The molecule has 7 aliphatic heterocycles. The molecule has 7 aliphatic rings. The van der Waals surface area contributed by atoms with Crippen molar-refractivity contribution in [2.45, 2.75) is 236 Å². The first-order valence-electron chi connectivity index (χ1n) is 29.7. The monoisotopic (exact) mass is 1660 g/mol. The van der Waals surface area contributed by atoms with E-state index in [1.807, 2.05) is 20.8 Å². The molecular formula is C53H100F21O31S-.